The van der Waals surface area contributed by atoms with Gasteiger partial charge >= 0.3 is 0 Å². The van der Waals surface area contributed by atoms with Crippen molar-refractivity contribution in [3.63, 3.8) is 0 Å². The lowest BCUT2D eigenvalue weighted by Gasteiger charge is -2.07. The molecule has 96 valence electrons. The lowest BCUT2D eigenvalue weighted by molar-refractivity contribution is 0.0891. The Bertz CT molecular complexity index is 489. The summed E-state index contributed by atoms with van der Waals surface area (Å²) in [5, 5.41) is 2.16. The number of aryl methyl sites for hydroxylation is 1. The molecule has 0 saturated heterocycles. The first-order chi connectivity index (χ1) is 8.54. The Kier molecular flexibility index (Phi) is 5.28. The van der Waals surface area contributed by atoms with Crippen LogP contribution in [0, 0.1) is 18.8 Å². The van der Waals surface area contributed by atoms with Crippen molar-refractivity contribution in [1.82, 2.24) is 5.32 Å². The van der Waals surface area contributed by atoms with E-state index in [9.17, 15) is 13.6 Å². The first-order valence-electron chi connectivity index (χ1n) is 5.40. The Morgan fingerprint density at radius 1 is 1.50 bits per heavy atom. The van der Waals surface area contributed by atoms with Crippen molar-refractivity contribution in [3.05, 3.63) is 34.9 Å². The molecule has 3 N–H and O–H groups in total. The van der Waals surface area contributed by atoms with Crippen LogP contribution in [0.15, 0.2) is 18.2 Å². The molecule has 0 aliphatic heterocycles. The molecule has 0 fully saturated rings. The van der Waals surface area contributed by atoms with Crippen LogP contribution in [0.5, 0.6) is 0 Å². The van der Waals surface area contributed by atoms with Crippen molar-refractivity contribution >= 4 is 5.91 Å². The molecule has 1 rings (SSSR count). The molecule has 18 heavy (non-hydrogen) atoms. The number of nitrogens with one attached hydrogen (secondary N) is 1. The van der Waals surface area contributed by atoms with Gasteiger partial charge in [-0.15, -0.1) is 0 Å². The number of benzene rings is 1. The highest BCUT2D eigenvalue weighted by Gasteiger charge is 2.11. The molecule has 1 aromatic carbocycles. The summed E-state index contributed by atoms with van der Waals surface area (Å²) in [5.74, 6) is 4.93. The maximum atomic E-state index is 12.0. The Hall–Kier alpha value is -1.93. The van der Waals surface area contributed by atoms with Gasteiger partial charge in [0.2, 0.25) is 0 Å². The standard InChI is InChI=1S/C13H14F2N2O/c1-9-4-5-10(3-2-6-16)7-11(9)13(18)17-8-12(14)15/h4-5,7,12H,6,8,16H2,1H3,(H,17,18). The molecule has 0 unspecified atom stereocenters. The molecule has 0 aliphatic carbocycles. The molecular weight excluding hydrogens is 238 g/mol. The van der Waals surface area contributed by atoms with Crippen LogP contribution in [-0.2, 0) is 0 Å². The highest BCUT2D eigenvalue weighted by molar-refractivity contribution is 5.96. The fraction of sp³-hybridized carbons (Fsp3) is 0.308. The van der Waals surface area contributed by atoms with Gasteiger partial charge in [-0.2, -0.15) is 0 Å². The molecule has 0 radical (unpaired) electrons. The lowest BCUT2D eigenvalue weighted by Crippen LogP contribution is -2.29. The molecule has 0 saturated carbocycles. The minimum absolute atomic E-state index is 0.223. The van der Waals surface area contributed by atoms with Gasteiger partial charge in [0.15, 0.2) is 0 Å². The zero-order chi connectivity index (χ0) is 13.5. The van der Waals surface area contributed by atoms with Gasteiger partial charge < -0.3 is 11.1 Å². The van der Waals surface area contributed by atoms with E-state index in [2.05, 4.69) is 17.2 Å². The van der Waals surface area contributed by atoms with Crippen LogP contribution >= 0.6 is 0 Å². The van der Waals surface area contributed by atoms with Crippen molar-refractivity contribution in [1.29, 1.82) is 0 Å². The van der Waals surface area contributed by atoms with E-state index in [-0.39, 0.29) is 6.54 Å². The molecular formula is C13H14F2N2O. The third-order valence-electron chi connectivity index (χ3n) is 2.23. The average Bonchev–Trinajstić information content (AvgIpc) is 2.35. The smallest absolute Gasteiger partial charge is 0.255 e. The van der Waals surface area contributed by atoms with Crippen molar-refractivity contribution in [3.8, 4) is 11.8 Å². The summed E-state index contributed by atoms with van der Waals surface area (Å²) in [5.41, 5.74) is 6.94. The maximum absolute atomic E-state index is 12.0. The van der Waals surface area contributed by atoms with Crippen LogP contribution in [0.25, 0.3) is 0 Å². The molecule has 0 bridgehead atoms. The molecule has 0 aromatic heterocycles. The quantitative estimate of drug-likeness (QED) is 0.797. The van der Waals surface area contributed by atoms with E-state index >= 15 is 0 Å². The summed E-state index contributed by atoms with van der Waals surface area (Å²) in [6.45, 7) is 1.30. The van der Waals surface area contributed by atoms with Gasteiger partial charge in [0, 0.05) is 11.1 Å². The van der Waals surface area contributed by atoms with E-state index in [0.717, 1.165) is 0 Å². The summed E-state index contributed by atoms with van der Waals surface area (Å²) < 4.78 is 24.0. The van der Waals surface area contributed by atoms with Gasteiger partial charge in [-0.25, -0.2) is 8.78 Å². The topological polar surface area (TPSA) is 55.1 Å². The van der Waals surface area contributed by atoms with Crippen LogP contribution in [0.2, 0.25) is 0 Å². The van der Waals surface area contributed by atoms with Crippen LogP contribution in [0.1, 0.15) is 21.5 Å². The molecule has 3 nitrogen and oxygen atoms in total. The van der Waals surface area contributed by atoms with E-state index < -0.39 is 18.9 Å². The molecule has 0 aliphatic rings. The minimum atomic E-state index is -2.56. The predicted octanol–water partition coefficient (Wildman–Crippen LogP) is 1.30. The van der Waals surface area contributed by atoms with E-state index in [0.29, 0.717) is 16.7 Å². The number of carbonyl (C=O) groups excluding carboxylic acids is 1. The molecule has 0 spiro atoms. The summed E-state index contributed by atoms with van der Waals surface area (Å²) in [6, 6.07) is 5.04. The Labute approximate surface area is 104 Å². The summed E-state index contributed by atoms with van der Waals surface area (Å²) in [4.78, 5) is 11.7. The van der Waals surface area contributed by atoms with Gasteiger partial charge in [-0.3, -0.25) is 4.79 Å². The number of carbonyl (C=O) groups is 1. The van der Waals surface area contributed by atoms with E-state index in [1.54, 1.807) is 25.1 Å². The number of hydrogen-bond acceptors (Lipinski definition) is 2. The minimum Gasteiger partial charge on any atom is -0.346 e. The van der Waals surface area contributed by atoms with Crippen molar-refractivity contribution in [2.24, 2.45) is 5.73 Å². The lowest BCUT2D eigenvalue weighted by atomic mass is 10.0. The monoisotopic (exact) mass is 252 g/mol. The van der Waals surface area contributed by atoms with E-state index in [1.165, 1.54) is 0 Å². The van der Waals surface area contributed by atoms with Crippen molar-refractivity contribution in [2.45, 2.75) is 13.3 Å². The molecule has 1 amide bonds. The van der Waals surface area contributed by atoms with Gasteiger partial charge in [0.1, 0.15) is 0 Å². The average molecular weight is 252 g/mol. The molecule has 5 heteroatoms. The number of nitrogens with two attached hydrogens (primary N) is 1. The number of alkyl halides is 2. The largest absolute Gasteiger partial charge is 0.346 e. The summed E-state index contributed by atoms with van der Waals surface area (Å²) in [6.07, 6.45) is -2.56. The third kappa shape index (κ3) is 4.15. The highest BCUT2D eigenvalue weighted by atomic mass is 19.3. The normalized spacial score (nSPS) is 9.83. The van der Waals surface area contributed by atoms with Crippen LogP contribution in [0.4, 0.5) is 8.78 Å². The van der Waals surface area contributed by atoms with Gasteiger partial charge in [-0.1, -0.05) is 17.9 Å². The first kappa shape index (κ1) is 14.1. The number of rotatable bonds is 3. The second kappa shape index (κ2) is 6.72. The number of hydrogen-bond donors (Lipinski definition) is 2. The number of amides is 1. The fourth-order valence-electron chi connectivity index (χ4n) is 1.36. The third-order valence-corrected chi connectivity index (χ3v) is 2.23. The second-order valence-electron chi connectivity index (χ2n) is 3.64. The van der Waals surface area contributed by atoms with Crippen LogP contribution in [0.3, 0.4) is 0 Å². The van der Waals surface area contributed by atoms with Crippen molar-refractivity contribution in [2.75, 3.05) is 13.1 Å². The predicted molar refractivity (Wildman–Crippen MR) is 65.4 cm³/mol. The zero-order valence-corrected chi connectivity index (χ0v) is 9.97. The Balaban J connectivity index is 2.89. The molecule has 1 aromatic rings. The highest BCUT2D eigenvalue weighted by Crippen LogP contribution is 2.10. The fourth-order valence-corrected chi connectivity index (χ4v) is 1.36. The van der Waals surface area contributed by atoms with Crippen LogP contribution in [-0.4, -0.2) is 25.4 Å². The van der Waals surface area contributed by atoms with E-state index in [1.807, 2.05) is 0 Å². The Morgan fingerprint density at radius 3 is 2.83 bits per heavy atom. The summed E-state index contributed by atoms with van der Waals surface area (Å²) in [7, 11) is 0. The molecule has 0 heterocycles. The van der Waals surface area contributed by atoms with Crippen LogP contribution < -0.4 is 11.1 Å². The zero-order valence-electron chi connectivity index (χ0n) is 9.97. The SMILES string of the molecule is Cc1ccc(C#CCN)cc1C(=O)NCC(F)F. The summed E-state index contributed by atoms with van der Waals surface area (Å²) >= 11 is 0. The second-order valence-corrected chi connectivity index (χ2v) is 3.64. The van der Waals surface area contributed by atoms with E-state index in [4.69, 9.17) is 5.73 Å². The van der Waals surface area contributed by atoms with Gasteiger partial charge in [-0.05, 0) is 24.6 Å². The first-order valence-corrected chi connectivity index (χ1v) is 5.40. The maximum Gasteiger partial charge on any atom is 0.255 e. The Morgan fingerprint density at radius 2 is 2.22 bits per heavy atom. The van der Waals surface area contributed by atoms with Gasteiger partial charge in [0.25, 0.3) is 12.3 Å². The van der Waals surface area contributed by atoms with Gasteiger partial charge in [0.05, 0.1) is 13.1 Å². The number of halogens is 2. The molecule has 0 atom stereocenters. The van der Waals surface area contributed by atoms with Crippen molar-refractivity contribution < 1.29 is 13.6 Å².